The average Bonchev–Trinajstić information content (AvgIpc) is 2.91. The van der Waals surface area contributed by atoms with E-state index in [1.807, 2.05) is 0 Å². The van der Waals surface area contributed by atoms with E-state index in [9.17, 15) is 9.59 Å². The first-order valence-corrected chi connectivity index (χ1v) is 7.22. The summed E-state index contributed by atoms with van der Waals surface area (Å²) in [5, 5.41) is 9.85. The second-order valence-corrected chi connectivity index (χ2v) is 5.59. The topological polar surface area (TPSA) is 88.9 Å². The number of fused-ring (bicyclic) bond motifs is 1. The van der Waals surface area contributed by atoms with Gasteiger partial charge in [0, 0.05) is 6.42 Å². The monoisotopic (exact) mass is 339 g/mol. The zero-order valence-corrected chi connectivity index (χ0v) is 12.7. The van der Waals surface area contributed by atoms with Gasteiger partial charge in [0.1, 0.15) is 6.33 Å². The molecule has 0 saturated heterocycles. The largest absolute Gasteiger partial charge is 0.325 e. The van der Waals surface area contributed by atoms with Crippen molar-refractivity contribution in [2.24, 2.45) is 5.92 Å². The van der Waals surface area contributed by atoms with Crippen LogP contribution in [0.2, 0.25) is 10.0 Å². The molecule has 0 saturated carbocycles. The maximum Gasteiger partial charge on any atom is 0.232 e. The Morgan fingerprint density at radius 3 is 3.09 bits per heavy atom. The number of nitrogens with one attached hydrogen (secondary N) is 2. The van der Waals surface area contributed by atoms with E-state index in [1.165, 1.54) is 6.33 Å². The number of rotatable bonds is 3. The number of anilines is 2. The minimum Gasteiger partial charge on any atom is -0.325 e. The number of carbonyl (C=O) groups excluding carboxylic acids is 2. The van der Waals surface area contributed by atoms with Gasteiger partial charge in [-0.05, 0) is 12.1 Å². The van der Waals surface area contributed by atoms with Gasteiger partial charge in [-0.3, -0.25) is 14.9 Å². The van der Waals surface area contributed by atoms with Crippen molar-refractivity contribution in [3.63, 3.8) is 0 Å². The molecule has 1 aliphatic heterocycles. The van der Waals surface area contributed by atoms with Crippen LogP contribution in [0.4, 0.5) is 11.6 Å². The molecule has 0 aliphatic carbocycles. The van der Waals surface area contributed by atoms with E-state index in [0.29, 0.717) is 23.2 Å². The van der Waals surface area contributed by atoms with Crippen LogP contribution < -0.4 is 10.6 Å². The fourth-order valence-corrected chi connectivity index (χ4v) is 2.53. The van der Waals surface area contributed by atoms with Crippen LogP contribution in [-0.4, -0.2) is 26.6 Å². The van der Waals surface area contributed by atoms with Gasteiger partial charge in [-0.15, -0.1) is 0 Å². The Morgan fingerprint density at radius 2 is 2.27 bits per heavy atom. The van der Waals surface area contributed by atoms with Crippen LogP contribution in [0.1, 0.15) is 6.42 Å². The molecule has 2 N–H and O–H groups in total. The fourth-order valence-electron chi connectivity index (χ4n) is 2.18. The van der Waals surface area contributed by atoms with Gasteiger partial charge in [-0.2, -0.15) is 10.1 Å². The van der Waals surface area contributed by atoms with Crippen LogP contribution in [-0.2, 0) is 16.1 Å². The highest BCUT2D eigenvalue weighted by atomic mass is 35.5. The summed E-state index contributed by atoms with van der Waals surface area (Å²) < 4.78 is 1.55. The Labute approximate surface area is 135 Å². The van der Waals surface area contributed by atoms with Crippen molar-refractivity contribution in [2.45, 2.75) is 13.0 Å². The molecule has 0 radical (unpaired) electrons. The third kappa shape index (κ3) is 2.90. The van der Waals surface area contributed by atoms with Crippen LogP contribution in [0.25, 0.3) is 0 Å². The molecular formula is C13H11Cl2N5O2. The molecule has 2 aromatic rings. The van der Waals surface area contributed by atoms with Gasteiger partial charge in [0.15, 0.2) is 0 Å². The second-order valence-electron chi connectivity index (χ2n) is 4.81. The summed E-state index contributed by atoms with van der Waals surface area (Å²) in [7, 11) is 0. The summed E-state index contributed by atoms with van der Waals surface area (Å²) in [5.74, 6) is -0.715. The number of hydrogen-bond donors (Lipinski definition) is 2. The van der Waals surface area contributed by atoms with Crippen LogP contribution in [0, 0.1) is 5.92 Å². The Hall–Kier alpha value is -2.12. The predicted octanol–water partition coefficient (Wildman–Crippen LogP) is 2.18. The molecule has 7 nitrogen and oxygen atoms in total. The SMILES string of the molecule is O=C(C[C@@H]1Cn2ncnc2NC1=O)Nc1cccc(Cl)c1Cl. The molecule has 0 spiro atoms. The maximum atomic E-state index is 12.1. The van der Waals surface area contributed by atoms with E-state index >= 15 is 0 Å². The van der Waals surface area contributed by atoms with Crippen molar-refractivity contribution >= 4 is 46.7 Å². The van der Waals surface area contributed by atoms with E-state index in [2.05, 4.69) is 20.7 Å². The van der Waals surface area contributed by atoms with Gasteiger partial charge < -0.3 is 5.32 Å². The van der Waals surface area contributed by atoms with Gasteiger partial charge in [-0.1, -0.05) is 29.3 Å². The molecule has 0 bridgehead atoms. The van der Waals surface area contributed by atoms with Crippen LogP contribution >= 0.6 is 23.2 Å². The summed E-state index contributed by atoms with van der Waals surface area (Å²) in [6.07, 6.45) is 1.36. The standard InChI is InChI=1S/C13H11Cl2N5O2/c14-8-2-1-3-9(11(8)15)18-10(21)4-7-5-20-13(16-6-17-20)19-12(7)22/h1-3,6-7H,4-5H2,(H,18,21)(H,16,17,19,22)/t7-/m1/s1. The summed E-state index contributed by atoms with van der Waals surface area (Å²) >= 11 is 11.9. The van der Waals surface area contributed by atoms with Gasteiger partial charge in [0.05, 0.1) is 28.2 Å². The minimum absolute atomic E-state index is 0.00791. The smallest absolute Gasteiger partial charge is 0.232 e. The summed E-state index contributed by atoms with van der Waals surface area (Å²) in [5.41, 5.74) is 0.414. The lowest BCUT2D eigenvalue weighted by Gasteiger charge is -2.21. The molecule has 0 fully saturated rings. The van der Waals surface area contributed by atoms with E-state index in [-0.39, 0.29) is 23.3 Å². The first-order chi connectivity index (χ1) is 10.5. The maximum absolute atomic E-state index is 12.1. The first-order valence-electron chi connectivity index (χ1n) is 6.47. The zero-order valence-electron chi connectivity index (χ0n) is 11.2. The lowest BCUT2D eigenvalue weighted by molar-refractivity contribution is -0.125. The van der Waals surface area contributed by atoms with Crippen molar-refractivity contribution in [3.05, 3.63) is 34.6 Å². The molecule has 3 rings (SSSR count). The number of aromatic nitrogens is 3. The molecule has 1 aromatic heterocycles. The second kappa shape index (κ2) is 5.94. The highest BCUT2D eigenvalue weighted by molar-refractivity contribution is 6.44. The fraction of sp³-hybridized carbons (Fsp3) is 0.231. The van der Waals surface area contributed by atoms with Crippen LogP contribution in [0.15, 0.2) is 24.5 Å². The van der Waals surface area contributed by atoms with E-state index in [4.69, 9.17) is 23.2 Å². The number of hydrogen-bond acceptors (Lipinski definition) is 4. The summed E-state index contributed by atoms with van der Waals surface area (Å²) in [4.78, 5) is 27.9. The van der Waals surface area contributed by atoms with E-state index < -0.39 is 5.92 Å². The number of benzene rings is 1. The number of halogens is 2. The molecule has 2 amide bonds. The lowest BCUT2D eigenvalue weighted by Crippen LogP contribution is -2.36. The molecule has 9 heteroatoms. The van der Waals surface area contributed by atoms with E-state index in [0.717, 1.165) is 0 Å². The Bertz CT molecular complexity index is 746. The van der Waals surface area contributed by atoms with Crippen molar-refractivity contribution in [2.75, 3.05) is 10.6 Å². The molecular weight excluding hydrogens is 329 g/mol. The quantitative estimate of drug-likeness (QED) is 0.896. The summed E-state index contributed by atoms with van der Waals surface area (Å²) in [6, 6.07) is 4.95. The van der Waals surface area contributed by atoms with Gasteiger partial charge in [0.25, 0.3) is 0 Å². The number of nitrogens with zero attached hydrogens (tertiary/aromatic N) is 3. The van der Waals surface area contributed by atoms with E-state index in [1.54, 1.807) is 22.9 Å². The van der Waals surface area contributed by atoms with Crippen molar-refractivity contribution < 1.29 is 9.59 Å². The first kappa shape index (κ1) is 14.8. The third-order valence-corrected chi connectivity index (χ3v) is 4.09. The van der Waals surface area contributed by atoms with Crippen LogP contribution in [0.3, 0.4) is 0 Å². The van der Waals surface area contributed by atoms with Crippen LogP contribution in [0.5, 0.6) is 0 Å². The van der Waals surface area contributed by atoms with Gasteiger partial charge >= 0.3 is 0 Å². The molecule has 1 atom stereocenters. The van der Waals surface area contributed by atoms with Gasteiger partial charge in [-0.25, -0.2) is 4.68 Å². The zero-order chi connectivity index (χ0) is 15.7. The van der Waals surface area contributed by atoms with Crippen molar-refractivity contribution in [3.8, 4) is 0 Å². The predicted molar refractivity (Wildman–Crippen MR) is 81.9 cm³/mol. The van der Waals surface area contributed by atoms with Gasteiger partial charge in [0.2, 0.25) is 17.8 Å². The van der Waals surface area contributed by atoms with Crippen molar-refractivity contribution in [1.29, 1.82) is 0 Å². The molecule has 1 aliphatic rings. The Balaban J connectivity index is 1.67. The third-order valence-electron chi connectivity index (χ3n) is 3.27. The minimum atomic E-state index is -0.521. The molecule has 22 heavy (non-hydrogen) atoms. The number of amides is 2. The molecule has 114 valence electrons. The molecule has 2 heterocycles. The summed E-state index contributed by atoms with van der Waals surface area (Å²) in [6.45, 7) is 0.303. The lowest BCUT2D eigenvalue weighted by atomic mass is 10.0. The molecule has 0 unspecified atom stereocenters. The normalized spacial score (nSPS) is 16.8. The Kier molecular flexibility index (Phi) is 4.00. The Morgan fingerprint density at radius 1 is 1.45 bits per heavy atom. The average molecular weight is 340 g/mol. The highest BCUT2D eigenvalue weighted by Crippen LogP contribution is 2.30. The number of carbonyl (C=O) groups is 2. The molecule has 1 aromatic carbocycles. The highest BCUT2D eigenvalue weighted by Gasteiger charge is 2.29. The van der Waals surface area contributed by atoms with Crippen molar-refractivity contribution in [1.82, 2.24) is 14.8 Å².